The van der Waals surface area contributed by atoms with E-state index < -0.39 is 17.2 Å². The third kappa shape index (κ3) is 2.66. The Kier molecular flexibility index (Phi) is 3.78. The molecule has 1 aliphatic rings. The molecule has 1 aromatic carbocycles. The van der Waals surface area contributed by atoms with Gasteiger partial charge in [-0.25, -0.2) is 4.79 Å². The number of likely N-dealkylation sites (tertiary alicyclic amines) is 1. The van der Waals surface area contributed by atoms with Crippen LogP contribution >= 0.6 is 0 Å². The first-order valence-corrected chi connectivity index (χ1v) is 6.94. The van der Waals surface area contributed by atoms with E-state index in [0.29, 0.717) is 6.42 Å². The number of hydrogen-bond acceptors (Lipinski definition) is 3. The van der Waals surface area contributed by atoms with Crippen molar-refractivity contribution in [3.63, 3.8) is 0 Å². The molecule has 1 fully saturated rings. The molecule has 1 heterocycles. The van der Waals surface area contributed by atoms with Gasteiger partial charge in [0, 0.05) is 5.54 Å². The van der Waals surface area contributed by atoms with E-state index in [2.05, 4.69) is 0 Å². The maximum atomic E-state index is 12.4. The van der Waals surface area contributed by atoms with E-state index in [-0.39, 0.29) is 12.7 Å². The molecule has 0 aromatic heterocycles. The summed E-state index contributed by atoms with van der Waals surface area (Å²) in [7, 11) is 0. The Balaban J connectivity index is 2.08. The molecule has 1 unspecified atom stereocenters. The standard InChI is InChI=1S/C16H23NO3/c1-15(2)10-13(18)16(3,4)17(15)14(19)20-11-12-8-6-5-7-9-12/h5-9,13,18H,10-11H2,1-4H3. The number of benzene rings is 1. The Labute approximate surface area is 120 Å². The number of amides is 1. The van der Waals surface area contributed by atoms with Crippen LogP contribution in [0.15, 0.2) is 30.3 Å². The quantitative estimate of drug-likeness (QED) is 0.904. The SMILES string of the molecule is CC1(C)CC(O)C(C)(C)N1C(=O)OCc1ccccc1. The first-order chi connectivity index (χ1) is 9.25. The van der Waals surface area contributed by atoms with Crippen molar-refractivity contribution in [2.45, 2.75) is 57.9 Å². The minimum atomic E-state index is -0.614. The molecule has 110 valence electrons. The van der Waals surface area contributed by atoms with Crippen LogP contribution < -0.4 is 0 Å². The molecule has 20 heavy (non-hydrogen) atoms. The molecule has 1 saturated heterocycles. The molecule has 0 radical (unpaired) electrons. The zero-order chi connectivity index (χ0) is 15.0. The van der Waals surface area contributed by atoms with Crippen molar-refractivity contribution < 1.29 is 14.6 Å². The summed E-state index contributed by atoms with van der Waals surface area (Å²) in [5.74, 6) is 0. The van der Waals surface area contributed by atoms with Gasteiger partial charge in [-0.3, -0.25) is 4.90 Å². The summed E-state index contributed by atoms with van der Waals surface area (Å²) >= 11 is 0. The van der Waals surface area contributed by atoms with E-state index in [1.165, 1.54) is 0 Å². The fourth-order valence-corrected chi connectivity index (χ4v) is 3.01. The number of carbonyl (C=O) groups is 1. The molecular formula is C16H23NO3. The third-order valence-electron chi connectivity index (χ3n) is 4.08. The number of ether oxygens (including phenoxy) is 1. The molecule has 1 atom stereocenters. The van der Waals surface area contributed by atoms with Crippen LogP contribution in [-0.2, 0) is 11.3 Å². The lowest BCUT2D eigenvalue weighted by Gasteiger charge is -2.39. The van der Waals surface area contributed by atoms with Crippen molar-refractivity contribution in [3.8, 4) is 0 Å². The van der Waals surface area contributed by atoms with Crippen LogP contribution in [0.2, 0.25) is 0 Å². The van der Waals surface area contributed by atoms with Gasteiger partial charge in [0.25, 0.3) is 0 Å². The summed E-state index contributed by atoms with van der Waals surface area (Å²) in [6, 6.07) is 9.59. The number of aliphatic hydroxyl groups is 1. The van der Waals surface area contributed by atoms with Gasteiger partial charge in [-0.2, -0.15) is 0 Å². The fourth-order valence-electron chi connectivity index (χ4n) is 3.01. The zero-order valence-electron chi connectivity index (χ0n) is 12.6. The highest BCUT2D eigenvalue weighted by molar-refractivity contribution is 5.70. The van der Waals surface area contributed by atoms with E-state index in [1.807, 2.05) is 58.0 Å². The molecule has 1 aliphatic heterocycles. The van der Waals surface area contributed by atoms with E-state index >= 15 is 0 Å². The summed E-state index contributed by atoms with van der Waals surface area (Å²) in [6.07, 6.45) is -0.359. The van der Waals surface area contributed by atoms with E-state index in [0.717, 1.165) is 5.56 Å². The normalized spacial score (nSPS) is 23.6. The zero-order valence-corrected chi connectivity index (χ0v) is 12.6. The summed E-state index contributed by atoms with van der Waals surface area (Å²) in [4.78, 5) is 14.0. The predicted octanol–water partition coefficient (Wildman–Crippen LogP) is 2.95. The van der Waals surface area contributed by atoms with Crippen molar-refractivity contribution in [2.24, 2.45) is 0 Å². The van der Waals surface area contributed by atoms with Gasteiger partial charge < -0.3 is 9.84 Å². The van der Waals surface area contributed by atoms with Gasteiger partial charge in [-0.05, 0) is 39.7 Å². The molecule has 1 N–H and O–H groups in total. The van der Waals surface area contributed by atoms with Crippen molar-refractivity contribution >= 4 is 6.09 Å². The minimum Gasteiger partial charge on any atom is -0.445 e. The molecule has 1 aromatic rings. The molecule has 0 spiro atoms. The van der Waals surface area contributed by atoms with Gasteiger partial charge in [0.2, 0.25) is 0 Å². The molecule has 0 bridgehead atoms. The minimum absolute atomic E-state index is 0.248. The van der Waals surface area contributed by atoms with Gasteiger partial charge in [-0.15, -0.1) is 0 Å². The van der Waals surface area contributed by atoms with Crippen molar-refractivity contribution in [1.29, 1.82) is 0 Å². The van der Waals surface area contributed by atoms with Crippen LogP contribution in [0.3, 0.4) is 0 Å². The average Bonchev–Trinajstić information content (AvgIpc) is 2.52. The number of aliphatic hydroxyl groups excluding tert-OH is 1. The highest BCUT2D eigenvalue weighted by Gasteiger charge is 2.53. The van der Waals surface area contributed by atoms with Crippen molar-refractivity contribution in [1.82, 2.24) is 4.90 Å². The van der Waals surface area contributed by atoms with Crippen LogP contribution in [0.5, 0.6) is 0 Å². The lowest BCUT2D eigenvalue weighted by molar-refractivity contribution is 0.0147. The van der Waals surface area contributed by atoms with Gasteiger partial charge in [-0.1, -0.05) is 30.3 Å². The van der Waals surface area contributed by atoms with Gasteiger partial charge in [0.1, 0.15) is 6.61 Å². The number of rotatable bonds is 2. The molecule has 1 amide bonds. The smallest absolute Gasteiger partial charge is 0.411 e. The van der Waals surface area contributed by atoms with Gasteiger partial charge >= 0.3 is 6.09 Å². The maximum Gasteiger partial charge on any atom is 0.411 e. The molecule has 4 heteroatoms. The Morgan fingerprint density at radius 3 is 2.40 bits per heavy atom. The Morgan fingerprint density at radius 1 is 1.30 bits per heavy atom. The maximum absolute atomic E-state index is 12.4. The molecule has 4 nitrogen and oxygen atoms in total. The van der Waals surface area contributed by atoms with Crippen LogP contribution in [-0.4, -0.2) is 33.3 Å². The number of carbonyl (C=O) groups excluding carboxylic acids is 1. The van der Waals surface area contributed by atoms with Crippen LogP contribution in [0.25, 0.3) is 0 Å². The number of hydrogen-bond donors (Lipinski definition) is 1. The number of nitrogens with zero attached hydrogens (tertiary/aromatic N) is 1. The highest BCUT2D eigenvalue weighted by Crippen LogP contribution is 2.41. The third-order valence-corrected chi connectivity index (χ3v) is 4.08. The first-order valence-electron chi connectivity index (χ1n) is 6.94. The molecule has 0 aliphatic carbocycles. The highest BCUT2D eigenvalue weighted by atomic mass is 16.6. The lowest BCUT2D eigenvalue weighted by atomic mass is 9.97. The molecule has 0 saturated carbocycles. The van der Waals surface area contributed by atoms with Gasteiger partial charge in [0.05, 0.1) is 11.6 Å². The van der Waals surface area contributed by atoms with Crippen LogP contribution in [0.1, 0.15) is 39.7 Å². The average molecular weight is 277 g/mol. The topological polar surface area (TPSA) is 49.8 Å². The van der Waals surface area contributed by atoms with E-state index in [4.69, 9.17) is 4.74 Å². The summed E-state index contributed by atoms with van der Waals surface area (Å²) in [5, 5.41) is 10.1. The summed E-state index contributed by atoms with van der Waals surface area (Å²) in [5.41, 5.74) is -0.0651. The second-order valence-electron chi connectivity index (χ2n) is 6.56. The Bertz CT molecular complexity index is 482. The fraction of sp³-hybridized carbons (Fsp3) is 0.562. The molecular weight excluding hydrogens is 254 g/mol. The summed E-state index contributed by atoms with van der Waals surface area (Å²) in [6.45, 7) is 7.90. The van der Waals surface area contributed by atoms with Crippen LogP contribution in [0.4, 0.5) is 4.79 Å². The lowest BCUT2D eigenvalue weighted by Crippen LogP contribution is -2.54. The Morgan fingerprint density at radius 2 is 1.90 bits per heavy atom. The van der Waals surface area contributed by atoms with E-state index in [1.54, 1.807) is 4.90 Å². The predicted molar refractivity (Wildman–Crippen MR) is 77.2 cm³/mol. The van der Waals surface area contributed by atoms with Crippen LogP contribution in [0, 0.1) is 0 Å². The first kappa shape index (κ1) is 14.9. The van der Waals surface area contributed by atoms with Crippen molar-refractivity contribution in [2.75, 3.05) is 0 Å². The van der Waals surface area contributed by atoms with Gasteiger partial charge in [0.15, 0.2) is 0 Å². The van der Waals surface area contributed by atoms with Crippen molar-refractivity contribution in [3.05, 3.63) is 35.9 Å². The Hall–Kier alpha value is -1.55. The largest absolute Gasteiger partial charge is 0.445 e. The van der Waals surface area contributed by atoms with E-state index in [9.17, 15) is 9.90 Å². The summed E-state index contributed by atoms with van der Waals surface area (Å²) < 4.78 is 5.41. The molecule has 2 rings (SSSR count). The second kappa shape index (κ2) is 5.09. The monoisotopic (exact) mass is 277 g/mol. The second-order valence-corrected chi connectivity index (χ2v) is 6.56.